The fraction of sp³-hybridized carbons (Fsp3) is 0.304. The highest BCUT2D eigenvalue weighted by molar-refractivity contribution is 6.30. The number of carbonyl (C=O) groups excluding carboxylic acids is 1. The van der Waals surface area contributed by atoms with Crippen LogP contribution in [0.4, 0.5) is 0 Å². The van der Waals surface area contributed by atoms with Crippen molar-refractivity contribution >= 4 is 17.5 Å². The van der Waals surface area contributed by atoms with Crippen molar-refractivity contribution in [2.75, 3.05) is 20.2 Å². The molecule has 0 spiro atoms. The van der Waals surface area contributed by atoms with E-state index in [1.54, 1.807) is 17.2 Å². The molecule has 0 atom stereocenters. The average Bonchev–Trinajstić information content (AvgIpc) is 3.20. The van der Waals surface area contributed by atoms with E-state index in [1.807, 2.05) is 55.6 Å². The highest BCUT2D eigenvalue weighted by Crippen LogP contribution is 2.20. The van der Waals surface area contributed by atoms with Gasteiger partial charge in [-0.1, -0.05) is 48.0 Å². The normalized spacial score (nSPS) is 10.7. The minimum Gasteiger partial charge on any atom is -0.493 e. The molecule has 0 saturated carbocycles. The van der Waals surface area contributed by atoms with Crippen molar-refractivity contribution in [1.82, 2.24) is 9.88 Å². The maximum Gasteiger partial charge on any atom is 0.222 e. The van der Waals surface area contributed by atoms with E-state index >= 15 is 0 Å². The fourth-order valence-electron chi connectivity index (χ4n) is 2.92. The summed E-state index contributed by atoms with van der Waals surface area (Å²) in [6.07, 6.45) is 4.31. The minimum atomic E-state index is 0.114. The molecule has 0 aliphatic heterocycles. The molecule has 0 fully saturated rings. The Labute approximate surface area is 176 Å². The van der Waals surface area contributed by atoms with Crippen LogP contribution in [0.5, 0.6) is 5.75 Å². The number of amides is 1. The Morgan fingerprint density at radius 3 is 2.76 bits per heavy atom. The lowest BCUT2D eigenvalue weighted by Gasteiger charge is -2.17. The SMILES string of the molecule is CN(CCCOc1cccc(Cl)c1)C(=O)CCCc1ncc(-c2ccccc2)o1. The number of hydrogen-bond acceptors (Lipinski definition) is 4. The van der Waals surface area contributed by atoms with E-state index in [-0.39, 0.29) is 5.91 Å². The van der Waals surface area contributed by atoms with Crippen molar-refractivity contribution in [2.24, 2.45) is 0 Å². The molecular weight excluding hydrogens is 388 g/mol. The number of oxazole rings is 1. The molecular formula is C23H25ClN2O3. The largest absolute Gasteiger partial charge is 0.493 e. The van der Waals surface area contributed by atoms with E-state index < -0.39 is 0 Å². The van der Waals surface area contributed by atoms with Crippen LogP contribution < -0.4 is 4.74 Å². The van der Waals surface area contributed by atoms with Gasteiger partial charge in [0.05, 0.1) is 12.8 Å². The lowest BCUT2D eigenvalue weighted by molar-refractivity contribution is -0.130. The molecule has 1 amide bonds. The van der Waals surface area contributed by atoms with Crippen LogP contribution in [0, 0.1) is 0 Å². The summed E-state index contributed by atoms with van der Waals surface area (Å²) < 4.78 is 11.4. The first-order valence-electron chi connectivity index (χ1n) is 9.74. The molecule has 29 heavy (non-hydrogen) atoms. The van der Waals surface area contributed by atoms with Gasteiger partial charge in [0.1, 0.15) is 5.75 Å². The first-order valence-corrected chi connectivity index (χ1v) is 10.1. The summed E-state index contributed by atoms with van der Waals surface area (Å²) in [7, 11) is 1.82. The molecule has 0 unspecified atom stereocenters. The number of hydrogen-bond donors (Lipinski definition) is 0. The van der Waals surface area contributed by atoms with Crippen molar-refractivity contribution in [2.45, 2.75) is 25.7 Å². The van der Waals surface area contributed by atoms with Gasteiger partial charge in [0.15, 0.2) is 11.7 Å². The van der Waals surface area contributed by atoms with Crippen LogP contribution in [0.1, 0.15) is 25.2 Å². The van der Waals surface area contributed by atoms with Crippen LogP contribution in [-0.2, 0) is 11.2 Å². The summed E-state index contributed by atoms with van der Waals surface area (Å²) >= 11 is 5.93. The van der Waals surface area contributed by atoms with Crippen molar-refractivity contribution in [1.29, 1.82) is 0 Å². The summed E-state index contributed by atoms with van der Waals surface area (Å²) in [5.74, 6) is 2.27. The van der Waals surface area contributed by atoms with Gasteiger partial charge in [0, 0.05) is 37.0 Å². The third kappa shape index (κ3) is 6.64. The van der Waals surface area contributed by atoms with Gasteiger partial charge < -0.3 is 14.1 Å². The molecule has 0 bridgehead atoms. The topological polar surface area (TPSA) is 55.6 Å². The lowest BCUT2D eigenvalue weighted by atomic mass is 10.2. The summed E-state index contributed by atoms with van der Waals surface area (Å²) in [6, 6.07) is 17.2. The number of benzene rings is 2. The quantitative estimate of drug-likeness (QED) is 0.427. The Morgan fingerprint density at radius 2 is 1.97 bits per heavy atom. The van der Waals surface area contributed by atoms with Gasteiger partial charge in [-0.2, -0.15) is 0 Å². The van der Waals surface area contributed by atoms with Gasteiger partial charge in [0.25, 0.3) is 0 Å². The number of aromatic nitrogens is 1. The first kappa shape index (κ1) is 20.9. The van der Waals surface area contributed by atoms with E-state index in [4.69, 9.17) is 20.8 Å². The van der Waals surface area contributed by atoms with Crippen LogP contribution in [-0.4, -0.2) is 36.0 Å². The van der Waals surface area contributed by atoms with E-state index in [0.29, 0.717) is 43.3 Å². The summed E-state index contributed by atoms with van der Waals surface area (Å²) in [5.41, 5.74) is 1.00. The Morgan fingerprint density at radius 1 is 1.14 bits per heavy atom. The van der Waals surface area contributed by atoms with Crippen LogP contribution in [0.2, 0.25) is 5.02 Å². The minimum absolute atomic E-state index is 0.114. The number of nitrogens with zero attached hydrogens (tertiary/aromatic N) is 2. The predicted molar refractivity (Wildman–Crippen MR) is 114 cm³/mol. The molecule has 5 nitrogen and oxygen atoms in total. The van der Waals surface area contributed by atoms with E-state index in [1.165, 1.54) is 0 Å². The highest BCUT2D eigenvalue weighted by Gasteiger charge is 2.11. The van der Waals surface area contributed by atoms with Crippen LogP contribution in [0.25, 0.3) is 11.3 Å². The van der Waals surface area contributed by atoms with Crippen molar-refractivity contribution in [3.8, 4) is 17.1 Å². The zero-order valence-corrected chi connectivity index (χ0v) is 17.3. The Bertz CT molecular complexity index is 911. The highest BCUT2D eigenvalue weighted by atomic mass is 35.5. The maximum absolute atomic E-state index is 12.3. The van der Waals surface area contributed by atoms with Crippen LogP contribution in [0.15, 0.2) is 65.2 Å². The van der Waals surface area contributed by atoms with Gasteiger partial charge >= 0.3 is 0 Å². The van der Waals surface area contributed by atoms with E-state index in [9.17, 15) is 4.79 Å². The molecule has 0 aliphatic rings. The number of halogens is 1. The third-order valence-corrected chi connectivity index (χ3v) is 4.76. The Kier molecular flexibility index (Phi) is 7.70. The van der Waals surface area contributed by atoms with Crippen molar-refractivity contribution in [3.63, 3.8) is 0 Å². The van der Waals surface area contributed by atoms with E-state index in [2.05, 4.69) is 4.98 Å². The summed E-state index contributed by atoms with van der Waals surface area (Å²) in [6.45, 7) is 1.19. The number of rotatable bonds is 10. The molecule has 0 saturated heterocycles. The second-order valence-corrected chi connectivity index (χ2v) is 7.25. The van der Waals surface area contributed by atoms with Crippen LogP contribution >= 0.6 is 11.6 Å². The standard InChI is InChI=1S/C23H25ClN2O3/c1-26(14-7-15-28-20-11-5-10-19(24)16-20)23(27)13-6-12-22-25-17-21(29-22)18-8-3-2-4-9-18/h2-5,8-11,16-17H,6-7,12-15H2,1H3. The van der Waals surface area contributed by atoms with E-state index in [0.717, 1.165) is 23.5 Å². The Hall–Kier alpha value is -2.79. The van der Waals surface area contributed by atoms with Gasteiger partial charge in [0.2, 0.25) is 5.91 Å². The third-order valence-electron chi connectivity index (χ3n) is 4.52. The fourth-order valence-corrected chi connectivity index (χ4v) is 3.10. The molecule has 0 aliphatic carbocycles. The first-order chi connectivity index (χ1) is 14.1. The van der Waals surface area contributed by atoms with Gasteiger partial charge in [-0.3, -0.25) is 4.79 Å². The Balaban J connectivity index is 1.33. The average molecular weight is 413 g/mol. The monoisotopic (exact) mass is 412 g/mol. The predicted octanol–water partition coefficient (Wildman–Crippen LogP) is 5.25. The van der Waals surface area contributed by atoms with Gasteiger partial charge in [-0.05, 0) is 31.0 Å². The summed E-state index contributed by atoms with van der Waals surface area (Å²) in [5, 5.41) is 0.650. The molecule has 3 aromatic rings. The molecule has 0 radical (unpaired) electrons. The zero-order valence-electron chi connectivity index (χ0n) is 16.5. The molecule has 3 rings (SSSR count). The summed E-state index contributed by atoms with van der Waals surface area (Å²) in [4.78, 5) is 18.3. The van der Waals surface area contributed by atoms with Crippen molar-refractivity contribution < 1.29 is 13.9 Å². The second-order valence-electron chi connectivity index (χ2n) is 6.81. The molecule has 0 N–H and O–H groups in total. The van der Waals surface area contributed by atoms with Gasteiger partial charge in [-0.25, -0.2) is 4.98 Å². The van der Waals surface area contributed by atoms with Crippen molar-refractivity contribution in [3.05, 3.63) is 71.7 Å². The molecule has 1 aromatic heterocycles. The smallest absolute Gasteiger partial charge is 0.222 e. The molecule has 152 valence electrons. The molecule has 6 heteroatoms. The van der Waals surface area contributed by atoms with Gasteiger partial charge in [-0.15, -0.1) is 0 Å². The lowest BCUT2D eigenvalue weighted by Crippen LogP contribution is -2.28. The maximum atomic E-state index is 12.3. The number of carbonyl (C=O) groups is 1. The molecule has 1 heterocycles. The second kappa shape index (κ2) is 10.7. The number of aryl methyl sites for hydroxylation is 1. The molecule has 2 aromatic carbocycles. The van der Waals surface area contributed by atoms with Crippen LogP contribution in [0.3, 0.4) is 0 Å². The zero-order chi connectivity index (χ0) is 20.5. The number of ether oxygens (including phenoxy) is 1.